The fraction of sp³-hybridized carbons (Fsp3) is 0.417. The number of hydrogen-bond donors (Lipinski definition) is 1. The predicted octanol–water partition coefficient (Wildman–Crippen LogP) is 2.42. The second-order valence-corrected chi connectivity index (χ2v) is 3.91. The number of carboxylic acids is 1. The third-order valence-corrected chi connectivity index (χ3v) is 2.57. The van der Waals surface area contributed by atoms with Crippen LogP contribution in [0.3, 0.4) is 0 Å². The van der Waals surface area contributed by atoms with E-state index in [0.29, 0.717) is 6.10 Å². The minimum Gasteiger partial charge on any atom is -0.490 e. The van der Waals surface area contributed by atoms with Gasteiger partial charge in [-0.25, -0.2) is 0 Å². The predicted molar refractivity (Wildman–Crippen MR) is 56.1 cm³/mol. The zero-order valence-electron chi connectivity index (χ0n) is 8.64. The topological polar surface area (TPSA) is 46.5 Å². The smallest absolute Gasteiger partial charge is 0.310 e. The average molecular weight is 206 g/mol. The molecule has 1 aliphatic rings. The highest BCUT2D eigenvalue weighted by molar-refractivity contribution is 5.76. The Morgan fingerprint density at radius 3 is 2.73 bits per heavy atom. The Morgan fingerprint density at radius 1 is 1.47 bits per heavy atom. The summed E-state index contributed by atoms with van der Waals surface area (Å²) in [4.78, 5) is 10.9. The van der Waals surface area contributed by atoms with E-state index in [9.17, 15) is 4.79 Å². The van der Waals surface area contributed by atoms with Crippen molar-refractivity contribution in [2.24, 2.45) is 0 Å². The molecule has 80 valence electrons. The van der Waals surface area contributed by atoms with Crippen molar-refractivity contribution in [1.82, 2.24) is 0 Å². The van der Waals surface area contributed by atoms with Crippen LogP contribution in [0.2, 0.25) is 0 Å². The van der Waals surface area contributed by atoms with Crippen LogP contribution in [-0.4, -0.2) is 17.2 Å². The Bertz CT molecular complexity index is 369. The van der Waals surface area contributed by atoms with Gasteiger partial charge in [-0.1, -0.05) is 18.2 Å². The van der Waals surface area contributed by atoms with Gasteiger partial charge < -0.3 is 9.84 Å². The van der Waals surface area contributed by atoms with Crippen molar-refractivity contribution >= 4 is 5.97 Å². The number of ether oxygens (including phenoxy) is 1. The Balaban J connectivity index is 2.23. The molecule has 1 unspecified atom stereocenters. The zero-order chi connectivity index (χ0) is 10.8. The Morgan fingerprint density at radius 2 is 2.13 bits per heavy atom. The Hall–Kier alpha value is -1.51. The standard InChI is InChI=1S/C12H14O3/c1-8(12(13)14)10-4-2-3-5-11(10)15-9-6-7-9/h2-5,8-9H,6-7H2,1H3,(H,13,14). The van der Waals surface area contributed by atoms with Crippen molar-refractivity contribution in [3.63, 3.8) is 0 Å². The maximum absolute atomic E-state index is 10.9. The van der Waals surface area contributed by atoms with Crippen LogP contribution in [0, 0.1) is 0 Å². The summed E-state index contributed by atoms with van der Waals surface area (Å²) in [6, 6.07) is 7.37. The minimum atomic E-state index is -0.818. The Labute approximate surface area is 88.7 Å². The van der Waals surface area contributed by atoms with Crippen molar-refractivity contribution in [1.29, 1.82) is 0 Å². The summed E-state index contributed by atoms with van der Waals surface area (Å²) in [6.45, 7) is 1.68. The van der Waals surface area contributed by atoms with Gasteiger partial charge in [0.1, 0.15) is 5.75 Å². The third kappa shape index (κ3) is 2.29. The van der Waals surface area contributed by atoms with Gasteiger partial charge in [0.05, 0.1) is 12.0 Å². The van der Waals surface area contributed by atoms with Crippen molar-refractivity contribution in [2.45, 2.75) is 31.8 Å². The van der Waals surface area contributed by atoms with Crippen LogP contribution in [-0.2, 0) is 4.79 Å². The molecule has 0 radical (unpaired) electrons. The molecule has 0 bridgehead atoms. The molecular formula is C12H14O3. The van der Waals surface area contributed by atoms with E-state index in [1.54, 1.807) is 6.92 Å². The van der Waals surface area contributed by atoms with Gasteiger partial charge in [0.2, 0.25) is 0 Å². The second kappa shape index (κ2) is 3.93. The highest BCUT2D eigenvalue weighted by Crippen LogP contribution is 2.32. The van der Waals surface area contributed by atoms with Crippen LogP contribution in [0.1, 0.15) is 31.2 Å². The van der Waals surface area contributed by atoms with Crippen molar-refractivity contribution in [3.05, 3.63) is 29.8 Å². The van der Waals surface area contributed by atoms with E-state index in [-0.39, 0.29) is 0 Å². The molecule has 15 heavy (non-hydrogen) atoms. The highest BCUT2D eigenvalue weighted by atomic mass is 16.5. The molecule has 1 aromatic rings. The summed E-state index contributed by atoms with van der Waals surface area (Å²) in [7, 11) is 0. The number of carboxylic acid groups (broad SMARTS) is 1. The molecule has 1 atom stereocenters. The third-order valence-electron chi connectivity index (χ3n) is 2.57. The van der Waals surface area contributed by atoms with Gasteiger partial charge in [-0.2, -0.15) is 0 Å². The normalized spacial score (nSPS) is 17.1. The maximum Gasteiger partial charge on any atom is 0.310 e. The molecule has 0 aromatic heterocycles. The number of hydrogen-bond acceptors (Lipinski definition) is 2. The number of aliphatic carboxylic acids is 1. The lowest BCUT2D eigenvalue weighted by Crippen LogP contribution is -2.10. The summed E-state index contributed by atoms with van der Waals surface area (Å²) >= 11 is 0. The zero-order valence-corrected chi connectivity index (χ0v) is 8.64. The number of benzene rings is 1. The number of para-hydroxylation sites is 1. The minimum absolute atomic E-state index is 0.298. The van der Waals surface area contributed by atoms with Gasteiger partial charge in [-0.3, -0.25) is 4.79 Å². The quantitative estimate of drug-likeness (QED) is 0.822. The monoisotopic (exact) mass is 206 g/mol. The second-order valence-electron chi connectivity index (χ2n) is 3.91. The SMILES string of the molecule is CC(C(=O)O)c1ccccc1OC1CC1. The molecule has 1 N–H and O–H groups in total. The van der Waals surface area contributed by atoms with Gasteiger partial charge in [0.25, 0.3) is 0 Å². The van der Waals surface area contributed by atoms with E-state index in [4.69, 9.17) is 9.84 Å². The first kappa shape index (κ1) is 10.0. The Kier molecular flexibility index (Phi) is 2.62. The van der Waals surface area contributed by atoms with Crippen molar-refractivity contribution in [2.75, 3.05) is 0 Å². The molecule has 1 saturated carbocycles. The van der Waals surface area contributed by atoms with Crippen LogP contribution in [0.15, 0.2) is 24.3 Å². The molecule has 1 aromatic carbocycles. The van der Waals surface area contributed by atoms with Crippen molar-refractivity contribution in [3.8, 4) is 5.75 Å². The van der Waals surface area contributed by atoms with Crippen LogP contribution < -0.4 is 4.74 Å². The van der Waals surface area contributed by atoms with Crippen LogP contribution in [0.4, 0.5) is 0 Å². The number of rotatable bonds is 4. The van der Waals surface area contributed by atoms with Crippen LogP contribution in [0.25, 0.3) is 0 Å². The first-order valence-electron chi connectivity index (χ1n) is 5.17. The van der Waals surface area contributed by atoms with E-state index in [2.05, 4.69) is 0 Å². The summed E-state index contributed by atoms with van der Waals surface area (Å²) in [5, 5.41) is 8.95. The first-order valence-corrected chi connectivity index (χ1v) is 5.17. The molecular weight excluding hydrogens is 192 g/mol. The molecule has 0 aliphatic heterocycles. The van der Waals surface area contributed by atoms with E-state index in [0.717, 1.165) is 24.2 Å². The summed E-state index contributed by atoms with van der Waals surface area (Å²) in [5.74, 6) is -0.614. The van der Waals surface area contributed by atoms with E-state index in [1.165, 1.54) is 0 Å². The van der Waals surface area contributed by atoms with Gasteiger partial charge in [-0.05, 0) is 25.8 Å². The molecule has 0 spiro atoms. The molecule has 1 aliphatic carbocycles. The summed E-state index contributed by atoms with van der Waals surface area (Å²) < 4.78 is 5.66. The first-order chi connectivity index (χ1) is 7.18. The molecule has 1 fully saturated rings. The molecule has 3 heteroatoms. The largest absolute Gasteiger partial charge is 0.490 e. The fourth-order valence-electron chi connectivity index (χ4n) is 1.44. The van der Waals surface area contributed by atoms with E-state index in [1.807, 2.05) is 24.3 Å². The number of carbonyl (C=O) groups is 1. The molecule has 3 nitrogen and oxygen atoms in total. The van der Waals surface area contributed by atoms with Gasteiger partial charge in [0, 0.05) is 5.56 Å². The summed E-state index contributed by atoms with van der Waals surface area (Å²) in [6.07, 6.45) is 2.46. The summed E-state index contributed by atoms with van der Waals surface area (Å²) in [5.41, 5.74) is 0.761. The lowest BCUT2D eigenvalue weighted by molar-refractivity contribution is -0.138. The fourth-order valence-corrected chi connectivity index (χ4v) is 1.44. The van der Waals surface area contributed by atoms with Gasteiger partial charge in [-0.15, -0.1) is 0 Å². The lowest BCUT2D eigenvalue weighted by Gasteiger charge is -2.13. The van der Waals surface area contributed by atoms with Gasteiger partial charge in [0.15, 0.2) is 0 Å². The lowest BCUT2D eigenvalue weighted by atomic mass is 10.0. The highest BCUT2D eigenvalue weighted by Gasteiger charge is 2.26. The average Bonchev–Trinajstić information content (AvgIpc) is 3.01. The van der Waals surface area contributed by atoms with Crippen LogP contribution >= 0.6 is 0 Å². The molecule has 0 heterocycles. The van der Waals surface area contributed by atoms with Crippen LogP contribution in [0.5, 0.6) is 5.75 Å². The van der Waals surface area contributed by atoms with E-state index >= 15 is 0 Å². The maximum atomic E-state index is 10.9. The molecule has 0 amide bonds. The van der Waals surface area contributed by atoms with Gasteiger partial charge >= 0.3 is 5.97 Å². The molecule has 2 rings (SSSR count). The molecule has 0 saturated heterocycles. The van der Waals surface area contributed by atoms with E-state index < -0.39 is 11.9 Å². The van der Waals surface area contributed by atoms with Crippen molar-refractivity contribution < 1.29 is 14.6 Å².